The van der Waals surface area contributed by atoms with Crippen LogP contribution in [0.15, 0.2) is 59.5 Å². The van der Waals surface area contributed by atoms with E-state index < -0.39 is 34.6 Å². The highest BCUT2D eigenvalue weighted by molar-refractivity contribution is 6.38. The smallest absolute Gasteiger partial charge is 0.376 e. The van der Waals surface area contributed by atoms with Crippen molar-refractivity contribution in [3.8, 4) is 0 Å². The van der Waals surface area contributed by atoms with Crippen LogP contribution in [0.2, 0.25) is 0 Å². The summed E-state index contributed by atoms with van der Waals surface area (Å²) in [6.45, 7) is 0.0329. The number of carbonyl (C=O) groups is 2. The molecule has 3 aromatic rings. The first-order valence-electron chi connectivity index (χ1n) is 8.02. The van der Waals surface area contributed by atoms with Gasteiger partial charge in [-0.25, -0.2) is 13.6 Å². The van der Waals surface area contributed by atoms with Crippen molar-refractivity contribution in [1.29, 1.82) is 0 Å². The molecule has 1 heterocycles. The second kappa shape index (κ2) is 7.43. The number of aromatic nitrogens is 1. The second-order valence-electron chi connectivity index (χ2n) is 5.96. The monoisotopic (exact) mass is 385 g/mol. The number of fused-ring (bicyclic) bond motifs is 1. The number of halogens is 2. The number of pyridine rings is 1. The van der Waals surface area contributed by atoms with E-state index in [2.05, 4.69) is 0 Å². The van der Waals surface area contributed by atoms with Crippen molar-refractivity contribution in [3.05, 3.63) is 87.7 Å². The fourth-order valence-electron chi connectivity index (χ4n) is 2.77. The van der Waals surface area contributed by atoms with Crippen molar-refractivity contribution >= 4 is 28.4 Å². The van der Waals surface area contributed by atoms with Crippen LogP contribution < -0.4 is 5.43 Å². The molecule has 0 radical (unpaired) electrons. The van der Waals surface area contributed by atoms with Gasteiger partial charge in [0.15, 0.2) is 5.43 Å². The Hall–Kier alpha value is -3.81. The molecule has 1 aromatic heterocycles. The Morgan fingerprint density at radius 1 is 1.04 bits per heavy atom. The summed E-state index contributed by atoms with van der Waals surface area (Å²) < 4.78 is 28.9. The van der Waals surface area contributed by atoms with E-state index in [-0.39, 0.29) is 23.0 Å². The van der Waals surface area contributed by atoms with Gasteiger partial charge >= 0.3 is 5.97 Å². The normalized spacial score (nSPS) is 11.6. The van der Waals surface area contributed by atoms with Crippen molar-refractivity contribution in [2.45, 2.75) is 6.54 Å². The summed E-state index contributed by atoms with van der Waals surface area (Å²) >= 11 is 0. The van der Waals surface area contributed by atoms with Crippen molar-refractivity contribution in [2.75, 3.05) is 0 Å². The van der Waals surface area contributed by atoms with Gasteiger partial charge in [0.25, 0.3) is 5.78 Å². The molecule has 2 aromatic carbocycles. The third kappa shape index (κ3) is 3.66. The average molecular weight is 385 g/mol. The standard InChI is InChI=1S/C20H13F2NO5/c21-12-6-4-11(5-7-12)9-23-10-14(16(24)8-17(25)20(27)28)19(26)13-2-1-3-15(22)18(13)23/h1-8,10,24H,9H2,(H,27,28). The van der Waals surface area contributed by atoms with Gasteiger partial charge in [-0.1, -0.05) is 18.2 Å². The highest BCUT2D eigenvalue weighted by Crippen LogP contribution is 2.20. The lowest BCUT2D eigenvalue weighted by molar-refractivity contribution is -0.146. The minimum absolute atomic E-state index is 0.0329. The summed E-state index contributed by atoms with van der Waals surface area (Å²) in [7, 11) is 0. The number of carboxylic acids is 1. The lowest BCUT2D eigenvalue weighted by atomic mass is 10.1. The summed E-state index contributed by atoms with van der Waals surface area (Å²) in [6, 6.07) is 9.21. The van der Waals surface area contributed by atoms with Crippen LogP contribution in [0.4, 0.5) is 8.78 Å². The minimum atomic E-state index is -1.80. The van der Waals surface area contributed by atoms with E-state index >= 15 is 0 Å². The third-order valence-corrected chi connectivity index (χ3v) is 4.07. The Morgan fingerprint density at radius 2 is 1.71 bits per heavy atom. The molecule has 0 aliphatic carbocycles. The van der Waals surface area contributed by atoms with E-state index in [1.807, 2.05) is 0 Å². The van der Waals surface area contributed by atoms with Crippen molar-refractivity contribution < 1.29 is 28.6 Å². The number of ketones is 1. The zero-order valence-corrected chi connectivity index (χ0v) is 14.2. The molecule has 6 nitrogen and oxygen atoms in total. The van der Waals surface area contributed by atoms with Gasteiger partial charge in [0.05, 0.1) is 11.1 Å². The van der Waals surface area contributed by atoms with E-state index in [1.165, 1.54) is 41.0 Å². The lowest BCUT2D eigenvalue weighted by Crippen LogP contribution is -2.17. The van der Waals surface area contributed by atoms with Crippen LogP contribution in [0, 0.1) is 11.6 Å². The number of para-hydroxylation sites is 1. The topological polar surface area (TPSA) is 96.6 Å². The number of hydrogen-bond donors (Lipinski definition) is 2. The number of carboxylic acid groups (broad SMARTS) is 1. The molecular weight excluding hydrogens is 372 g/mol. The molecule has 0 fully saturated rings. The molecule has 28 heavy (non-hydrogen) atoms. The third-order valence-electron chi connectivity index (χ3n) is 4.07. The van der Waals surface area contributed by atoms with Crippen LogP contribution in [-0.4, -0.2) is 26.5 Å². The predicted octanol–water partition coefficient (Wildman–Crippen LogP) is 2.88. The van der Waals surface area contributed by atoms with Crippen LogP contribution in [0.5, 0.6) is 0 Å². The molecule has 8 heteroatoms. The van der Waals surface area contributed by atoms with Crippen LogP contribution in [0.3, 0.4) is 0 Å². The zero-order valence-electron chi connectivity index (χ0n) is 14.2. The maximum atomic E-state index is 14.4. The predicted molar refractivity (Wildman–Crippen MR) is 96.9 cm³/mol. The Bertz CT molecular complexity index is 1180. The fraction of sp³-hybridized carbons (Fsp3) is 0.0500. The number of carbonyl (C=O) groups excluding carboxylic acids is 1. The SMILES string of the molecule is O=C(O)C(=O)C=C(O)c1cn(Cc2ccc(F)cc2)c2c(F)cccc2c1=O. The van der Waals surface area contributed by atoms with E-state index in [4.69, 9.17) is 5.11 Å². The lowest BCUT2D eigenvalue weighted by Gasteiger charge is -2.14. The summed E-state index contributed by atoms with van der Waals surface area (Å²) in [5, 5.41) is 18.7. The van der Waals surface area contributed by atoms with Crippen molar-refractivity contribution in [1.82, 2.24) is 4.57 Å². The number of rotatable bonds is 5. The van der Waals surface area contributed by atoms with E-state index in [0.29, 0.717) is 11.6 Å². The van der Waals surface area contributed by atoms with Gasteiger partial charge in [0, 0.05) is 24.2 Å². The Labute approximate surface area is 156 Å². The largest absolute Gasteiger partial charge is 0.507 e. The van der Waals surface area contributed by atoms with E-state index in [1.54, 1.807) is 0 Å². The number of aliphatic hydroxyl groups is 1. The summed E-state index contributed by atoms with van der Waals surface area (Å²) in [4.78, 5) is 34.6. The maximum Gasteiger partial charge on any atom is 0.376 e. The summed E-state index contributed by atoms with van der Waals surface area (Å²) in [6.07, 6.45) is 1.53. The Balaban J connectivity index is 2.23. The summed E-state index contributed by atoms with van der Waals surface area (Å²) in [5.41, 5.74) is -0.588. The molecular formula is C20H13F2NO5. The van der Waals surface area contributed by atoms with Crippen LogP contribution >= 0.6 is 0 Å². The van der Waals surface area contributed by atoms with Gasteiger partial charge in [-0.15, -0.1) is 0 Å². The quantitative estimate of drug-likeness (QED) is 0.400. The van der Waals surface area contributed by atoms with Gasteiger partial charge in [-0.2, -0.15) is 0 Å². The van der Waals surface area contributed by atoms with Gasteiger partial charge in [0.1, 0.15) is 17.4 Å². The molecule has 142 valence electrons. The van der Waals surface area contributed by atoms with Gasteiger partial charge in [0.2, 0.25) is 0 Å². The first-order valence-corrected chi connectivity index (χ1v) is 8.02. The van der Waals surface area contributed by atoms with Crippen molar-refractivity contribution in [2.24, 2.45) is 0 Å². The maximum absolute atomic E-state index is 14.4. The van der Waals surface area contributed by atoms with E-state index in [0.717, 1.165) is 12.3 Å². The number of aliphatic carboxylic acids is 1. The van der Waals surface area contributed by atoms with Crippen LogP contribution in [0.1, 0.15) is 11.1 Å². The molecule has 0 spiro atoms. The number of nitrogens with zero attached hydrogens (tertiary/aromatic N) is 1. The van der Waals surface area contributed by atoms with Crippen LogP contribution in [0.25, 0.3) is 16.7 Å². The van der Waals surface area contributed by atoms with Crippen molar-refractivity contribution in [3.63, 3.8) is 0 Å². The molecule has 0 saturated heterocycles. The average Bonchev–Trinajstić information content (AvgIpc) is 2.65. The number of hydrogen-bond acceptors (Lipinski definition) is 4. The molecule has 0 unspecified atom stereocenters. The Morgan fingerprint density at radius 3 is 2.36 bits per heavy atom. The molecule has 0 atom stereocenters. The first-order chi connectivity index (χ1) is 13.3. The Kier molecular flexibility index (Phi) is 5.04. The van der Waals surface area contributed by atoms with Crippen LogP contribution in [-0.2, 0) is 16.1 Å². The highest BCUT2D eigenvalue weighted by Gasteiger charge is 2.17. The number of aliphatic hydroxyl groups excluding tert-OH is 1. The van der Waals surface area contributed by atoms with Gasteiger partial charge in [-0.3, -0.25) is 9.59 Å². The second-order valence-corrected chi connectivity index (χ2v) is 5.96. The molecule has 0 amide bonds. The minimum Gasteiger partial charge on any atom is -0.507 e. The summed E-state index contributed by atoms with van der Waals surface area (Å²) in [5.74, 6) is -5.20. The van der Waals surface area contributed by atoms with E-state index in [9.17, 15) is 28.3 Å². The molecule has 2 N–H and O–H groups in total. The molecule has 0 aliphatic heterocycles. The first kappa shape index (κ1) is 19.0. The molecule has 0 aliphatic rings. The molecule has 0 bridgehead atoms. The van der Waals surface area contributed by atoms with Gasteiger partial charge < -0.3 is 14.8 Å². The molecule has 0 saturated carbocycles. The molecule has 3 rings (SSSR count). The zero-order chi connectivity index (χ0) is 20.4. The number of benzene rings is 2. The highest BCUT2D eigenvalue weighted by atomic mass is 19.1. The fourth-order valence-corrected chi connectivity index (χ4v) is 2.77. The van der Waals surface area contributed by atoms with Gasteiger partial charge in [-0.05, 0) is 29.8 Å².